The minimum Gasteiger partial charge on any atom is -0.374 e. The summed E-state index contributed by atoms with van der Waals surface area (Å²) >= 11 is 0. The Bertz CT molecular complexity index is 841. The van der Waals surface area contributed by atoms with Crippen molar-refractivity contribution in [3.8, 4) is 6.07 Å². The average molecular weight is 354 g/mol. The molecule has 4 heteroatoms. The number of nitrogens with zero attached hydrogens (tertiary/aromatic N) is 1. The molecule has 0 heterocycles. The van der Waals surface area contributed by atoms with Crippen LogP contribution in [0.2, 0.25) is 0 Å². The van der Waals surface area contributed by atoms with E-state index in [0.717, 1.165) is 16.7 Å². The van der Waals surface area contributed by atoms with E-state index >= 15 is 0 Å². The van der Waals surface area contributed by atoms with Crippen molar-refractivity contribution < 1.29 is 8.78 Å². The fourth-order valence-corrected chi connectivity index (χ4v) is 2.91. The van der Waals surface area contributed by atoms with E-state index in [2.05, 4.69) is 11.4 Å². The summed E-state index contributed by atoms with van der Waals surface area (Å²) in [7, 11) is 0. The van der Waals surface area contributed by atoms with E-state index < -0.39 is 0 Å². The van der Waals surface area contributed by atoms with Crippen LogP contribution in [0.3, 0.4) is 0 Å². The quantitative estimate of drug-likeness (QED) is 0.714. The minimum absolute atomic E-state index is 0.115. The molecule has 0 aliphatic carbocycles. The van der Waals surface area contributed by atoms with E-state index in [1.54, 1.807) is 0 Å². The first-order chi connectivity index (χ1) is 12.3. The third-order valence-corrected chi connectivity index (χ3v) is 4.11. The third kappa shape index (κ3) is 5.42. The molecule has 0 atom stereocenters. The Kier molecular flexibility index (Phi) is 6.52. The first-order valence-corrected chi connectivity index (χ1v) is 8.72. The Morgan fingerprint density at radius 3 is 2.12 bits per heavy atom. The topological polar surface area (TPSA) is 35.8 Å². The highest BCUT2D eigenvalue weighted by Crippen LogP contribution is 2.21. The van der Waals surface area contributed by atoms with Crippen LogP contribution in [0.15, 0.2) is 42.1 Å². The summed E-state index contributed by atoms with van der Waals surface area (Å²) in [5, 5.41) is 12.4. The number of benzene rings is 2. The van der Waals surface area contributed by atoms with Crippen molar-refractivity contribution in [1.29, 1.82) is 5.26 Å². The van der Waals surface area contributed by atoms with E-state index in [4.69, 9.17) is 0 Å². The molecular formula is C22H24F2N2. The van der Waals surface area contributed by atoms with Crippen molar-refractivity contribution in [3.05, 3.63) is 76.0 Å². The van der Waals surface area contributed by atoms with Gasteiger partial charge in [0.25, 0.3) is 0 Å². The molecule has 0 unspecified atom stereocenters. The van der Waals surface area contributed by atoms with Gasteiger partial charge in [-0.1, -0.05) is 12.1 Å². The summed E-state index contributed by atoms with van der Waals surface area (Å²) in [5.74, 6) is -0.591. The summed E-state index contributed by atoms with van der Waals surface area (Å²) in [6.07, 6.45) is 1.22. The summed E-state index contributed by atoms with van der Waals surface area (Å²) in [6, 6.07) is 12.0. The second kappa shape index (κ2) is 8.62. The molecule has 0 saturated heterocycles. The zero-order valence-electron chi connectivity index (χ0n) is 15.7. The summed E-state index contributed by atoms with van der Waals surface area (Å²) < 4.78 is 27.6. The highest BCUT2D eigenvalue weighted by atomic mass is 19.1. The SMILES string of the molecule is C/C(=C(/C#N)NC(C)C)c1cc(F)cc(CCc2cc(C)cc(F)c2)c1. The van der Waals surface area contributed by atoms with Crippen LogP contribution in [0.1, 0.15) is 43.0 Å². The predicted molar refractivity (Wildman–Crippen MR) is 101 cm³/mol. The van der Waals surface area contributed by atoms with Gasteiger partial charge in [-0.25, -0.2) is 8.78 Å². The Morgan fingerprint density at radius 2 is 1.58 bits per heavy atom. The minimum atomic E-state index is -0.339. The first kappa shape index (κ1) is 19.7. The lowest BCUT2D eigenvalue weighted by Gasteiger charge is -2.13. The Morgan fingerprint density at radius 1 is 1.00 bits per heavy atom. The average Bonchev–Trinajstić information content (AvgIpc) is 2.55. The molecule has 2 rings (SSSR count). The Hall–Kier alpha value is -2.67. The van der Waals surface area contributed by atoms with Gasteiger partial charge >= 0.3 is 0 Å². The van der Waals surface area contributed by atoms with Gasteiger partial charge in [-0.15, -0.1) is 0 Å². The van der Waals surface area contributed by atoms with Gasteiger partial charge in [0.1, 0.15) is 23.4 Å². The number of allylic oxidation sites excluding steroid dienone is 2. The van der Waals surface area contributed by atoms with E-state index in [1.165, 1.54) is 24.3 Å². The lowest BCUT2D eigenvalue weighted by Crippen LogP contribution is -2.22. The van der Waals surface area contributed by atoms with Crippen LogP contribution in [0.5, 0.6) is 0 Å². The molecule has 0 saturated carbocycles. The third-order valence-electron chi connectivity index (χ3n) is 4.11. The largest absolute Gasteiger partial charge is 0.374 e. The van der Waals surface area contributed by atoms with Crippen molar-refractivity contribution in [1.82, 2.24) is 5.32 Å². The van der Waals surface area contributed by atoms with Crippen molar-refractivity contribution in [3.63, 3.8) is 0 Å². The van der Waals surface area contributed by atoms with Gasteiger partial charge in [-0.05, 0) is 92.6 Å². The maximum Gasteiger partial charge on any atom is 0.124 e. The van der Waals surface area contributed by atoms with Gasteiger partial charge in [0, 0.05) is 6.04 Å². The Labute approximate surface area is 154 Å². The lowest BCUT2D eigenvalue weighted by atomic mass is 9.98. The zero-order chi connectivity index (χ0) is 19.3. The molecule has 2 nitrogen and oxygen atoms in total. The number of aryl methyl sites for hydroxylation is 3. The van der Waals surface area contributed by atoms with Crippen molar-refractivity contribution in [2.75, 3.05) is 0 Å². The molecule has 0 spiro atoms. The fourth-order valence-electron chi connectivity index (χ4n) is 2.91. The molecule has 0 fully saturated rings. The van der Waals surface area contributed by atoms with Crippen molar-refractivity contribution in [2.24, 2.45) is 0 Å². The molecule has 2 aromatic carbocycles. The van der Waals surface area contributed by atoms with Gasteiger partial charge in [0.05, 0.1) is 0 Å². The van der Waals surface area contributed by atoms with Crippen LogP contribution < -0.4 is 5.32 Å². The van der Waals surface area contributed by atoms with Gasteiger partial charge < -0.3 is 5.32 Å². The molecule has 2 aromatic rings. The number of hydrogen-bond donors (Lipinski definition) is 1. The van der Waals surface area contributed by atoms with Crippen molar-refractivity contribution in [2.45, 2.75) is 46.6 Å². The van der Waals surface area contributed by atoms with Crippen molar-refractivity contribution >= 4 is 5.57 Å². The number of nitrogens with one attached hydrogen (secondary N) is 1. The molecule has 0 radical (unpaired) electrons. The highest BCUT2D eigenvalue weighted by Gasteiger charge is 2.09. The van der Waals surface area contributed by atoms with Crippen LogP contribution in [0.25, 0.3) is 5.57 Å². The molecule has 0 aliphatic heterocycles. The summed E-state index contributed by atoms with van der Waals surface area (Å²) in [4.78, 5) is 0. The monoisotopic (exact) mass is 354 g/mol. The number of nitriles is 1. The van der Waals surface area contributed by atoms with E-state index in [1.807, 2.05) is 39.8 Å². The number of hydrogen-bond acceptors (Lipinski definition) is 2. The first-order valence-electron chi connectivity index (χ1n) is 8.72. The molecule has 136 valence electrons. The van der Waals surface area contributed by atoms with E-state index in [0.29, 0.717) is 29.7 Å². The smallest absolute Gasteiger partial charge is 0.124 e. The van der Waals surface area contributed by atoms with Crippen LogP contribution in [0.4, 0.5) is 8.78 Å². The highest BCUT2D eigenvalue weighted by molar-refractivity contribution is 5.70. The van der Waals surface area contributed by atoms with E-state index in [-0.39, 0.29) is 17.7 Å². The fraction of sp³-hybridized carbons (Fsp3) is 0.318. The lowest BCUT2D eigenvalue weighted by molar-refractivity contribution is 0.621. The summed E-state index contributed by atoms with van der Waals surface area (Å²) in [6.45, 7) is 7.56. The van der Waals surface area contributed by atoms with Gasteiger partial charge in [0.15, 0.2) is 0 Å². The van der Waals surface area contributed by atoms with Gasteiger partial charge in [-0.2, -0.15) is 5.26 Å². The molecule has 0 bridgehead atoms. The second-order valence-corrected chi connectivity index (χ2v) is 6.90. The predicted octanol–water partition coefficient (Wildman–Crippen LogP) is 5.31. The van der Waals surface area contributed by atoms with Crippen LogP contribution in [-0.2, 0) is 12.8 Å². The summed E-state index contributed by atoms with van der Waals surface area (Å²) in [5.41, 5.74) is 4.42. The standard InChI is InChI=1S/C22H24F2N2/c1-14(2)26-22(13-25)16(4)19-9-18(11-21(24)12-19)6-5-17-7-15(3)8-20(23)10-17/h7-12,14,26H,5-6H2,1-4H3/b22-16+. The molecule has 26 heavy (non-hydrogen) atoms. The maximum atomic E-state index is 14.1. The Balaban J connectivity index is 2.26. The molecular weight excluding hydrogens is 330 g/mol. The van der Waals surface area contributed by atoms with Crippen LogP contribution >= 0.6 is 0 Å². The molecule has 0 amide bonds. The molecule has 0 aliphatic rings. The second-order valence-electron chi connectivity index (χ2n) is 6.90. The van der Waals surface area contributed by atoms with Crippen LogP contribution in [0, 0.1) is 29.9 Å². The normalized spacial score (nSPS) is 11.9. The maximum absolute atomic E-state index is 14.1. The van der Waals surface area contributed by atoms with Gasteiger partial charge in [-0.3, -0.25) is 0 Å². The molecule has 0 aromatic heterocycles. The number of halogens is 2. The zero-order valence-corrected chi connectivity index (χ0v) is 15.7. The van der Waals surface area contributed by atoms with Crippen LogP contribution in [-0.4, -0.2) is 6.04 Å². The van der Waals surface area contributed by atoms with Gasteiger partial charge in [0.2, 0.25) is 0 Å². The van der Waals surface area contributed by atoms with E-state index in [9.17, 15) is 14.0 Å². The molecule has 1 N–H and O–H groups in total. The number of rotatable bonds is 6.